The zero-order chi connectivity index (χ0) is 13.8. The monoisotopic (exact) mass is 264 g/mol. The van der Waals surface area contributed by atoms with Crippen LogP contribution in [0.25, 0.3) is 0 Å². The third-order valence-electron chi connectivity index (χ3n) is 3.06. The maximum atomic E-state index is 11.8. The predicted molar refractivity (Wildman–Crippen MR) is 72.4 cm³/mol. The van der Waals surface area contributed by atoms with Gasteiger partial charge in [0.2, 0.25) is 5.91 Å². The van der Waals surface area contributed by atoms with Crippen LogP contribution in [0.3, 0.4) is 0 Å². The molecule has 1 aliphatic rings. The lowest BCUT2D eigenvalue weighted by molar-refractivity contribution is -0.130. The number of para-hydroxylation sites is 1. The number of nitrogens with one attached hydrogen (secondary N) is 1. The molecule has 5 nitrogen and oxygen atoms in total. The van der Waals surface area contributed by atoms with Gasteiger partial charge in [0.1, 0.15) is 13.2 Å². The summed E-state index contributed by atoms with van der Waals surface area (Å²) >= 11 is 0. The Bertz CT molecular complexity index is 460. The third-order valence-corrected chi connectivity index (χ3v) is 3.06. The van der Waals surface area contributed by atoms with Crippen LogP contribution < -0.4 is 14.8 Å². The standard InChI is InChI=1S/C14H20N2O3/c1-10(14(17)16(2)3)15-9-11-5-4-6-12-13(11)19-8-7-18-12/h4-6,10,15H,7-9H2,1-3H3. The minimum atomic E-state index is -0.227. The predicted octanol–water partition coefficient (Wildman–Crippen LogP) is 1.02. The fourth-order valence-corrected chi connectivity index (χ4v) is 2.01. The van der Waals surface area contributed by atoms with Crippen molar-refractivity contribution in [3.8, 4) is 11.5 Å². The Balaban J connectivity index is 2.02. The number of hydrogen-bond donors (Lipinski definition) is 1. The van der Waals surface area contributed by atoms with E-state index in [1.54, 1.807) is 19.0 Å². The molecule has 0 fully saturated rings. The number of hydrogen-bond acceptors (Lipinski definition) is 4. The molecule has 19 heavy (non-hydrogen) atoms. The average molecular weight is 264 g/mol. The molecule has 1 aliphatic heterocycles. The molecule has 0 radical (unpaired) electrons. The summed E-state index contributed by atoms with van der Waals surface area (Å²) < 4.78 is 11.2. The average Bonchev–Trinajstić information content (AvgIpc) is 2.43. The number of nitrogens with zero attached hydrogens (tertiary/aromatic N) is 1. The third kappa shape index (κ3) is 3.17. The van der Waals surface area contributed by atoms with Crippen molar-refractivity contribution in [2.24, 2.45) is 0 Å². The van der Waals surface area contributed by atoms with Crippen molar-refractivity contribution in [1.82, 2.24) is 10.2 Å². The van der Waals surface area contributed by atoms with Crippen LogP contribution in [0.4, 0.5) is 0 Å². The van der Waals surface area contributed by atoms with Crippen LogP contribution in [-0.2, 0) is 11.3 Å². The normalized spacial score (nSPS) is 14.9. The minimum absolute atomic E-state index is 0.0574. The molecule has 2 rings (SSSR count). The largest absolute Gasteiger partial charge is 0.486 e. The van der Waals surface area contributed by atoms with Crippen LogP contribution >= 0.6 is 0 Å². The summed E-state index contributed by atoms with van der Waals surface area (Å²) in [5.74, 6) is 1.62. The minimum Gasteiger partial charge on any atom is -0.486 e. The van der Waals surface area contributed by atoms with Crippen molar-refractivity contribution in [3.63, 3.8) is 0 Å². The second-order valence-electron chi connectivity index (χ2n) is 4.78. The number of amides is 1. The van der Waals surface area contributed by atoms with Crippen molar-refractivity contribution < 1.29 is 14.3 Å². The Labute approximate surface area is 113 Å². The maximum Gasteiger partial charge on any atom is 0.238 e. The molecule has 0 saturated carbocycles. The summed E-state index contributed by atoms with van der Waals surface area (Å²) in [4.78, 5) is 13.3. The topological polar surface area (TPSA) is 50.8 Å². The van der Waals surface area contributed by atoms with Gasteiger partial charge in [-0.15, -0.1) is 0 Å². The van der Waals surface area contributed by atoms with Gasteiger partial charge in [-0.25, -0.2) is 0 Å². The van der Waals surface area contributed by atoms with Crippen LogP contribution in [-0.4, -0.2) is 44.2 Å². The van der Waals surface area contributed by atoms with Crippen molar-refractivity contribution in [3.05, 3.63) is 23.8 Å². The first-order valence-electron chi connectivity index (χ1n) is 6.41. The molecular weight excluding hydrogens is 244 g/mol. The van der Waals surface area contributed by atoms with Crippen LogP contribution in [0.2, 0.25) is 0 Å². The Kier molecular flexibility index (Phi) is 4.27. The van der Waals surface area contributed by atoms with Gasteiger partial charge in [0, 0.05) is 26.2 Å². The van der Waals surface area contributed by atoms with E-state index < -0.39 is 0 Å². The second-order valence-corrected chi connectivity index (χ2v) is 4.78. The molecule has 0 aromatic heterocycles. The van der Waals surface area contributed by atoms with Gasteiger partial charge < -0.3 is 19.7 Å². The second kappa shape index (κ2) is 5.93. The van der Waals surface area contributed by atoms with Crippen molar-refractivity contribution in [2.75, 3.05) is 27.3 Å². The molecule has 1 aromatic rings. The highest BCUT2D eigenvalue weighted by Crippen LogP contribution is 2.33. The number of carbonyl (C=O) groups is 1. The summed E-state index contributed by atoms with van der Waals surface area (Å²) in [5, 5.41) is 3.20. The first-order valence-corrected chi connectivity index (χ1v) is 6.41. The molecule has 1 amide bonds. The van der Waals surface area contributed by atoms with E-state index >= 15 is 0 Å². The van der Waals surface area contributed by atoms with Crippen LogP contribution in [0, 0.1) is 0 Å². The van der Waals surface area contributed by atoms with Gasteiger partial charge in [0.05, 0.1) is 6.04 Å². The molecule has 1 atom stereocenters. The van der Waals surface area contributed by atoms with Crippen LogP contribution in [0.1, 0.15) is 12.5 Å². The summed E-state index contributed by atoms with van der Waals surface area (Å²) in [7, 11) is 3.50. The van der Waals surface area contributed by atoms with E-state index in [1.165, 1.54) is 0 Å². The molecule has 1 N–H and O–H groups in total. The zero-order valence-corrected chi connectivity index (χ0v) is 11.6. The lowest BCUT2D eigenvalue weighted by atomic mass is 10.1. The van der Waals surface area contributed by atoms with E-state index in [0.717, 1.165) is 17.1 Å². The molecule has 104 valence electrons. The lowest BCUT2D eigenvalue weighted by Crippen LogP contribution is -2.41. The Hall–Kier alpha value is -1.75. The SMILES string of the molecule is CC(NCc1cccc2c1OCCO2)C(=O)N(C)C. The van der Waals surface area contributed by atoms with E-state index in [9.17, 15) is 4.79 Å². The first-order chi connectivity index (χ1) is 9.09. The van der Waals surface area contributed by atoms with Gasteiger partial charge in [0.15, 0.2) is 11.5 Å². The lowest BCUT2D eigenvalue weighted by Gasteiger charge is -2.22. The number of carbonyl (C=O) groups excluding carboxylic acids is 1. The highest BCUT2D eigenvalue weighted by molar-refractivity contribution is 5.80. The molecule has 0 bridgehead atoms. The molecule has 0 saturated heterocycles. The van der Waals surface area contributed by atoms with Gasteiger partial charge >= 0.3 is 0 Å². The van der Waals surface area contributed by atoms with Crippen molar-refractivity contribution >= 4 is 5.91 Å². The maximum absolute atomic E-state index is 11.8. The van der Waals surface area contributed by atoms with E-state index in [0.29, 0.717) is 19.8 Å². The molecule has 0 aliphatic carbocycles. The van der Waals surface area contributed by atoms with Gasteiger partial charge in [-0.1, -0.05) is 12.1 Å². The van der Waals surface area contributed by atoms with Crippen LogP contribution in [0.15, 0.2) is 18.2 Å². The quantitative estimate of drug-likeness (QED) is 0.882. The Morgan fingerprint density at radius 1 is 1.37 bits per heavy atom. The van der Waals surface area contributed by atoms with E-state index in [2.05, 4.69) is 5.32 Å². The summed E-state index contributed by atoms with van der Waals surface area (Å²) in [6.07, 6.45) is 0. The number of rotatable bonds is 4. The van der Waals surface area contributed by atoms with E-state index in [1.807, 2.05) is 25.1 Å². The Morgan fingerprint density at radius 3 is 2.84 bits per heavy atom. The first kappa shape index (κ1) is 13.7. The molecule has 1 unspecified atom stereocenters. The molecule has 1 heterocycles. The number of ether oxygens (including phenoxy) is 2. The summed E-state index contributed by atoms with van der Waals surface area (Å²) in [5.41, 5.74) is 1.01. The van der Waals surface area contributed by atoms with Gasteiger partial charge in [-0.05, 0) is 13.0 Å². The number of likely N-dealkylation sites (N-methyl/N-ethyl adjacent to an activating group) is 1. The van der Waals surface area contributed by atoms with Crippen molar-refractivity contribution in [2.45, 2.75) is 19.5 Å². The summed E-state index contributed by atoms with van der Waals surface area (Å²) in [6, 6.07) is 5.58. The molecule has 0 spiro atoms. The smallest absolute Gasteiger partial charge is 0.238 e. The zero-order valence-electron chi connectivity index (χ0n) is 11.6. The van der Waals surface area contributed by atoms with E-state index in [-0.39, 0.29) is 11.9 Å². The number of benzene rings is 1. The number of fused-ring (bicyclic) bond motifs is 1. The van der Waals surface area contributed by atoms with E-state index in [4.69, 9.17) is 9.47 Å². The highest BCUT2D eigenvalue weighted by atomic mass is 16.6. The fourth-order valence-electron chi connectivity index (χ4n) is 2.01. The van der Waals surface area contributed by atoms with Gasteiger partial charge in [-0.3, -0.25) is 4.79 Å². The Morgan fingerprint density at radius 2 is 2.11 bits per heavy atom. The van der Waals surface area contributed by atoms with Gasteiger partial charge in [0.25, 0.3) is 0 Å². The summed E-state index contributed by atoms with van der Waals surface area (Å²) in [6.45, 7) is 3.58. The van der Waals surface area contributed by atoms with Crippen molar-refractivity contribution in [1.29, 1.82) is 0 Å². The molecular formula is C14H20N2O3. The molecule has 1 aromatic carbocycles. The highest BCUT2D eigenvalue weighted by Gasteiger charge is 2.18. The van der Waals surface area contributed by atoms with Gasteiger partial charge in [-0.2, -0.15) is 0 Å². The van der Waals surface area contributed by atoms with Crippen LogP contribution in [0.5, 0.6) is 11.5 Å². The molecule has 5 heteroatoms. The fraction of sp³-hybridized carbons (Fsp3) is 0.500.